The number of para-hydroxylation sites is 1. The van der Waals surface area contributed by atoms with E-state index in [0.717, 1.165) is 51.0 Å². The Balaban J connectivity index is 1.47. The summed E-state index contributed by atoms with van der Waals surface area (Å²) in [7, 11) is 0.682. The van der Waals surface area contributed by atoms with E-state index in [4.69, 9.17) is 14.5 Å². The number of aliphatic hydroxyl groups is 1. The number of aromatic nitrogens is 4. The van der Waals surface area contributed by atoms with Crippen molar-refractivity contribution in [3.63, 3.8) is 0 Å². The van der Waals surface area contributed by atoms with Crippen LogP contribution in [0.5, 0.6) is 0 Å². The van der Waals surface area contributed by atoms with Gasteiger partial charge in [-0.05, 0) is 62.8 Å². The first-order valence-electron chi connectivity index (χ1n) is 14.8. The molecule has 0 radical (unpaired) electrons. The van der Waals surface area contributed by atoms with Gasteiger partial charge in [-0.15, -0.1) is 21.5 Å². The molecule has 4 aromatic rings. The molecule has 5 rings (SSSR count). The van der Waals surface area contributed by atoms with Crippen molar-refractivity contribution in [1.82, 2.24) is 19.7 Å². The first kappa shape index (κ1) is 31.5. The highest BCUT2D eigenvalue weighted by molar-refractivity contribution is 7.16. The van der Waals surface area contributed by atoms with E-state index >= 15 is 0 Å². The normalized spacial score (nSPS) is 14.0. The van der Waals surface area contributed by atoms with Gasteiger partial charge in [-0.3, -0.25) is 4.57 Å². The number of carbonyl (C=O) groups excluding carboxylic acids is 1. The zero-order valence-corrected chi connectivity index (χ0v) is 28.1. The first-order chi connectivity index (χ1) is 20.7. The maximum atomic E-state index is 12.6. The summed E-state index contributed by atoms with van der Waals surface area (Å²) in [5.41, 5.74) is 2.45. The summed E-state index contributed by atoms with van der Waals surface area (Å²) < 4.78 is 14.7. The molecule has 0 bridgehead atoms. The van der Waals surface area contributed by atoms with Crippen molar-refractivity contribution in [3.05, 3.63) is 51.3 Å². The van der Waals surface area contributed by atoms with E-state index in [1.165, 1.54) is 11.3 Å². The molecule has 0 atom stereocenters. The van der Waals surface area contributed by atoms with Gasteiger partial charge in [-0.2, -0.15) is 4.99 Å². The molecule has 1 aliphatic rings. The minimum Gasteiger partial charge on any atom is -0.461 e. The van der Waals surface area contributed by atoms with Gasteiger partial charge in [0.05, 0.1) is 16.8 Å². The Bertz CT molecular complexity index is 1640. The maximum Gasteiger partial charge on any atom is 0.358 e. The molecule has 43 heavy (non-hydrogen) atoms. The third kappa shape index (κ3) is 7.76. The van der Waals surface area contributed by atoms with Gasteiger partial charge in [-0.1, -0.05) is 43.1 Å². The summed E-state index contributed by atoms with van der Waals surface area (Å²) in [6.45, 7) is 10.3. The van der Waals surface area contributed by atoms with Gasteiger partial charge >= 0.3 is 5.97 Å². The first-order valence-corrected chi connectivity index (χ1v) is 20.1. The molecular weight excluding hydrogens is 601 g/mol. The number of esters is 1. The number of nitrogens with zero attached hydrogens (tertiary/aromatic N) is 6. The highest BCUT2D eigenvalue weighted by Gasteiger charge is 2.29. The number of hydrogen-bond acceptors (Lipinski definition) is 11. The van der Waals surface area contributed by atoms with Crippen molar-refractivity contribution < 1.29 is 19.4 Å². The minimum absolute atomic E-state index is 0.0386. The molecular formula is C30H40N6O4S2Si. The molecule has 10 nitrogen and oxygen atoms in total. The van der Waals surface area contributed by atoms with Gasteiger partial charge in [0.2, 0.25) is 0 Å². The second-order valence-corrected chi connectivity index (χ2v) is 19.6. The van der Waals surface area contributed by atoms with Gasteiger partial charge in [0.15, 0.2) is 27.3 Å². The lowest BCUT2D eigenvalue weighted by Gasteiger charge is -2.16. The molecule has 0 saturated heterocycles. The number of rotatable bonds is 14. The summed E-state index contributed by atoms with van der Waals surface area (Å²) in [4.78, 5) is 25.7. The average Bonchev–Trinajstić information content (AvgIpc) is 3.64. The fourth-order valence-corrected chi connectivity index (χ4v) is 7.37. The fourth-order valence-electron chi connectivity index (χ4n) is 4.54. The Morgan fingerprint density at radius 3 is 2.72 bits per heavy atom. The van der Waals surface area contributed by atoms with E-state index in [1.54, 1.807) is 18.3 Å². The molecule has 1 N–H and O–H groups in total. The summed E-state index contributed by atoms with van der Waals surface area (Å²) in [6, 6.07) is 11.4. The van der Waals surface area contributed by atoms with Gasteiger partial charge in [0, 0.05) is 38.8 Å². The lowest BCUT2D eigenvalue weighted by atomic mass is 10.2. The fraction of sp³-hybridized carbons (Fsp3) is 0.500. The number of carbonyl (C=O) groups is 1. The van der Waals surface area contributed by atoms with Crippen molar-refractivity contribution in [2.45, 2.75) is 70.9 Å². The summed E-state index contributed by atoms with van der Waals surface area (Å²) >= 11 is 3.03. The number of aryl methyl sites for hydroxylation is 1. The molecule has 1 aromatic carbocycles. The third-order valence-corrected chi connectivity index (χ3v) is 11.1. The molecule has 230 valence electrons. The van der Waals surface area contributed by atoms with Gasteiger partial charge in [0.25, 0.3) is 0 Å². The smallest absolute Gasteiger partial charge is 0.358 e. The van der Waals surface area contributed by atoms with Gasteiger partial charge in [0.1, 0.15) is 6.73 Å². The topological polar surface area (TPSA) is 115 Å². The molecule has 0 aliphatic heterocycles. The van der Waals surface area contributed by atoms with E-state index in [1.807, 2.05) is 30.1 Å². The van der Waals surface area contributed by atoms with Crippen LogP contribution in [0.4, 0.5) is 16.8 Å². The van der Waals surface area contributed by atoms with Crippen molar-refractivity contribution in [3.8, 4) is 0 Å². The molecule has 1 aliphatic carbocycles. The number of ether oxygens (including phenoxy) is 2. The largest absolute Gasteiger partial charge is 0.461 e. The van der Waals surface area contributed by atoms with Crippen LogP contribution in [0.2, 0.25) is 25.7 Å². The molecule has 0 amide bonds. The number of benzene rings is 1. The average molecular weight is 641 g/mol. The highest BCUT2D eigenvalue weighted by Crippen LogP contribution is 2.45. The Labute approximate surface area is 261 Å². The number of fused-ring (bicyclic) bond motifs is 1. The maximum absolute atomic E-state index is 12.6. The summed E-state index contributed by atoms with van der Waals surface area (Å²) in [5, 5.41) is 19.1. The van der Waals surface area contributed by atoms with Crippen LogP contribution < -0.4 is 9.70 Å². The van der Waals surface area contributed by atoms with Crippen LogP contribution in [0.15, 0.2) is 35.3 Å². The van der Waals surface area contributed by atoms with E-state index in [-0.39, 0.29) is 13.2 Å². The molecule has 0 spiro atoms. The minimum atomic E-state index is -1.19. The number of aliphatic hydroxyl groups excluding tert-OH is 1. The van der Waals surface area contributed by atoms with Gasteiger partial charge in [-0.25, -0.2) is 9.78 Å². The molecule has 1 saturated carbocycles. The van der Waals surface area contributed by atoms with Crippen LogP contribution in [0.1, 0.15) is 53.0 Å². The van der Waals surface area contributed by atoms with E-state index < -0.39 is 14.0 Å². The van der Waals surface area contributed by atoms with Crippen molar-refractivity contribution in [2.75, 3.05) is 31.8 Å². The SMILES string of the molecule is CCOC(=O)c1nc(N(C)c2cc(C3CC3)c(/N=c3\sc4ccccc4n3COCC[Si](C)(C)C)nn2)sc1CCCO. The van der Waals surface area contributed by atoms with Crippen LogP contribution in [0, 0.1) is 0 Å². The molecule has 0 unspecified atom stereocenters. The summed E-state index contributed by atoms with van der Waals surface area (Å²) in [6.07, 6.45) is 3.25. The third-order valence-electron chi connectivity index (χ3n) is 7.16. The Morgan fingerprint density at radius 2 is 2.00 bits per heavy atom. The number of thiazole rings is 2. The van der Waals surface area contributed by atoms with Gasteiger partial charge < -0.3 is 19.5 Å². The monoisotopic (exact) mass is 640 g/mol. The zero-order chi connectivity index (χ0) is 30.6. The number of hydrogen-bond donors (Lipinski definition) is 1. The van der Waals surface area contributed by atoms with E-state index in [2.05, 4.69) is 51.5 Å². The van der Waals surface area contributed by atoms with E-state index in [9.17, 15) is 9.90 Å². The zero-order valence-electron chi connectivity index (χ0n) is 25.5. The Hall–Kier alpha value is -2.97. The molecule has 3 aromatic heterocycles. The Kier molecular flexibility index (Phi) is 10.1. The molecule has 13 heteroatoms. The lowest BCUT2D eigenvalue weighted by Crippen LogP contribution is -2.23. The van der Waals surface area contributed by atoms with Crippen molar-refractivity contribution in [2.24, 2.45) is 4.99 Å². The quantitative estimate of drug-likeness (QED) is 0.0979. The molecule has 3 heterocycles. The van der Waals surface area contributed by atoms with Crippen LogP contribution in [-0.4, -0.2) is 65.8 Å². The van der Waals surface area contributed by atoms with Crippen molar-refractivity contribution >= 4 is 63.7 Å². The second kappa shape index (κ2) is 13.8. The predicted molar refractivity (Wildman–Crippen MR) is 175 cm³/mol. The van der Waals surface area contributed by atoms with Crippen LogP contribution in [-0.2, 0) is 22.6 Å². The van der Waals surface area contributed by atoms with Crippen LogP contribution >= 0.6 is 22.7 Å². The van der Waals surface area contributed by atoms with Crippen LogP contribution in [0.25, 0.3) is 10.2 Å². The van der Waals surface area contributed by atoms with Crippen LogP contribution in [0.3, 0.4) is 0 Å². The predicted octanol–water partition coefficient (Wildman–Crippen LogP) is 6.24. The summed E-state index contributed by atoms with van der Waals surface area (Å²) in [5.74, 6) is 1.18. The second-order valence-electron chi connectivity index (χ2n) is 11.9. The lowest BCUT2D eigenvalue weighted by molar-refractivity contribution is 0.0519. The highest BCUT2D eigenvalue weighted by atomic mass is 32.1. The van der Waals surface area contributed by atoms with E-state index in [0.29, 0.717) is 48.0 Å². The standard InChI is InChI=1S/C30H40N6O4S2Si/c1-6-40-28(38)26-24(12-9-15-37)42-29(31-26)35(2)25-18-21(20-13-14-20)27(34-33-25)32-30-36(19-39-16-17-43(3,4)5)22-10-7-8-11-23(22)41-30/h7-8,10-11,18,20,37H,6,9,12-17,19H2,1-5H3/b32-30-. The Morgan fingerprint density at radius 1 is 1.21 bits per heavy atom. The number of anilines is 2. The molecule has 1 fully saturated rings. The van der Waals surface area contributed by atoms with Crippen molar-refractivity contribution in [1.29, 1.82) is 0 Å².